The molecule has 0 unspecified atom stereocenters. The van der Waals surface area contributed by atoms with E-state index in [9.17, 15) is 9.59 Å². The summed E-state index contributed by atoms with van der Waals surface area (Å²) in [4.78, 5) is 29.0. The van der Waals surface area contributed by atoms with Gasteiger partial charge in [-0.2, -0.15) is 9.98 Å². The minimum absolute atomic E-state index is 0.192. The second-order valence-corrected chi connectivity index (χ2v) is 11.5. The third kappa shape index (κ3) is 5.59. The van der Waals surface area contributed by atoms with E-state index >= 15 is 0 Å². The van der Waals surface area contributed by atoms with Crippen molar-refractivity contribution >= 4 is 23.5 Å². The number of carbonyl (C=O) groups excluding carboxylic acids is 2. The molecule has 4 nitrogen and oxygen atoms in total. The Morgan fingerprint density at radius 2 is 0.718 bits per heavy atom. The second-order valence-electron chi connectivity index (χ2n) is 11.5. The maximum Gasteiger partial charge on any atom is 0.240 e. The van der Waals surface area contributed by atoms with Gasteiger partial charge in [-0.1, -0.05) is 114 Å². The van der Waals surface area contributed by atoms with Gasteiger partial charge < -0.3 is 0 Å². The van der Waals surface area contributed by atoms with Crippen LogP contribution in [0.25, 0.3) is 0 Å². The first-order valence-corrected chi connectivity index (χ1v) is 13.1. The van der Waals surface area contributed by atoms with Gasteiger partial charge in [0.15, 0.2) is 0 Å². The largest absolute Gasteiger partial charge is 0.240 e. The summed E-state index contributed by atoms with van der Waals surface area (Å²) < 4.78 is 0. The van der Waals surface area contributed by atoms with Crippen LogP contribution < -0.4 is 0 Å². The highest BCUT2D eigenvalue weighted by Gasteiger charge is 2.28. The predicted molar refractivity (Wildman–Crippen MR) is 158 cm³/mol. The quantitative estimate of drug-likeness (QED) is 0.175. The molecule has 4 aromatic carbocycles. The van der Waals surface area contributed by atoms with Gasteiger partial charge >= 0.3 is 0 Å². The molecule has 0 N–H and O–H groups in total. The number of nitrogens with zero attached hydrogens (tertiary/aromatic N) is 2. The van der Waals surface area contributed by atoms with Crippen molar-refractivity contribution < 1.29 is 9.59 Å². The highest BCUT2D eigenvalue weighted by atomic mass is 16.1. The summed E-state index contributed by atoms with van der Waals surface area (Å²) in [6.45, 7) is 13.2. The molecule has 0 saturated carbocycles. The Kier molecular flexibility index (Phi) is 7.65. The Balaban J connectivity index is 1.59. The molecule has 0 amide bonds. The molecule has 0 aromatic heterocycles. The molecule has 0 spiro atoms. The molecule has 0 aliphatic rings. The average molecular weight is 515 g/mol. The molecule has 196 valence electrons. The number of aliphatic imine (C=N–C) groups is 2. The van der Waals surface area contributed by atoms with Crippen molar-refractivity contribution in [3.63, 3.8) is 0 Å². The Bertz CT molecular complexity index is 1450. The molecular weight excluding hydrogens is 480 g/mol. The summed E-state index contributed by atoms with van der Waals surface area (Å²) in [5.41, 5.74) is 7.55. The van der Waals surface area contributed by atoms with Crippen molar-refractivity contribution in [1.82, 2.24) is 0 Å². The van der Waals surface area contributed by atoms with Gasteiger partial charge in [0, 0.05) is 16.2 Å². The van der Waals surface area contributed by atoms with Gasteiger partial charge in [0.2, 0.25) is 12.2 Å². The number of isocyanates is 2. The third-order valence-corrected chi connectivity index (χ3v) is 8.14. The molecule has 0 atom stereocenters. The van der Waals surface area contributed by atoms with Gasteiger partial charge in [-0.25, -0.2) is 9.59 Å². The normalized spacial score (nSPS) is 11.8. The third-order valence-electron chi connectivity index (χ3n) is 8.14. The van der Waals surface area contributed by atoms with E-state index in [1.165, 1.54) is 22.3 Å². The van der Waals surface area contributed by atoms with Crippen LogP contribution in [0.3, 0.4) is 0 Å². The zero-order valence-corrected chi connectivity index (χ0v) is 23.4. The van der Waals surface area contributed by atoms with E-state index in [0.29, 0.717) is 11.4 Å². The fourth-order valence-corrected chi connectivity index (χ4v) is 5.14. The number of rotatable bonds is 8. The molecule has 0 fully saturated rings. The number of hydrogen-bond acceptors (Lipinski definition) is 4. The lowest BCUT2D eigenvalue weighted by molar-refractivity contribution is 0.564. The number of benzene rings is 4. The van der Waals surface area contributed by atoms with E-state index in [1.807, 2.05) is 36.4 Å². The molecule has 0 aliphatic carbocycles. The molecule has 0 aliphatic heterocycles. The van der Waals surface area contributed by atoms with Crippen LogP contribution in [0.1, 0.15) is 74.9 Å². The Hall–Kier alpha value is -4.36. The van der Waals surface area contributed by atoms with E-state index < -0.39 is 0 Å². The first-order chi connectivity index (χ1) is 18.5. The minimum Gasteiger partial charge on any atom is -0.211 e. The first kappa shape index (κ1) is 27.7. The van der Waals surface area contributed by atoms with Crippen molar-refractivity contribution in [2.24, 2.45) is 9.98 Å². The van der Waals surface area contributed by atoms with Gasteiger partial charge in [-0.3, -0.25) is 0 Å². The highest BCUT2D eigenvalue weighted by Crippen LogP contribution is 2.38. The molecule has 4 heteroatoms. The molecule has 4 aromatic rings. The maximum atomic E-state index is 10.7. The molecular formula is C35H34N2O2. The van der Waals surface area contributed by atoms with Crippen LogP contribution in [0.2, 0.25) is 0 Å². The zero-order valence-electron chi connectivity index (χ0n) is 23.4. The summed E-state index contributed by atoms with van der Waals surface area (Å²) in [7, 11) is 0. The summed E-state index contributed by atoms with van der Waals surface area (Å²) in [5, 5.41) is 0. The van der Waals surface area contributed by atoms with Crippen LogP contribution in [0.5, 0.6) is 0 Å². The lowest BCUT2D eigenvalue weighted by atomic mass is 9.73. The fourth-order valence-electron chi connectivity index (χ4n) is 5.14. The molecule has 0 saturated heterocycles. The van der Waals surface area contributed by atoms with Gasteiger partial charge in [0.05, 0.1) is 11.4 Å². The lowest BCUT2D eigenvalue weighted by Gasteiger charge is -2.31. The van der Waals surface area contributed by atoms with Crippen molar-refractivity contribution in [1.29, 1.82) is 0 Å². The van der Waals surface area contributed by atoms with Crippen LogP contribution in [0, 0.1) is 0 Å². The standard InChI is InChI=1S/C35H34N2O2/c1-33(2,25-13-17-27(18-14-25)34(3,4)29-9-7-11-31(21-29)36-23-38)26-15-19-28(20-16-26)35(5,6)30-10-8-12-32(22-30)37-24-39/h7-22H,1-6H3. The van der Waals surface area contributed by atoms with Crippen LogP contribution in [-0.2, 0) is 25.8 Å². The van der Waals surface area contributed by atoms with Crippen LogP contribution in [0.4, 0.5) is 11.4 Å². The van der Waals surface area contributed by atoms with Gasteiger partial charge in [0.25, 0.3) is 0 Å². The van der Waals surface area contributed by atoms with Crippen molar-refractivity contribution in [2.45, 2.75) is 57.8 Å². The van der Waals surface area contributed by atoms with Crippen LogP contribution in [-0.4, -0.2) is 12.2 Å². The van der Waals surface area contributed by atoms with E-state index in [2.05, 4.69) is 112 Å². The van der Waals surface area contributed by atoms with Gasteiger partial charge in [-0.15, -0.1) is 0 Å². The van der Waals surface area contributed by atoms with Crippen LogP contribution >= 0.6 is 0 Å². The molecule has 0 radical (unpaired) electrons. The Morgan fingerprint density at radius 1 is 0.436 bits per heavy atom. The monoisotopic (exact) mass is 514 g/mol. The lowest BCUT2D eigenvalue weighted by Crippen LogP contribution is -2.22. The Labute approximate surface area is 231 Å². The van der Waals surface area contributed by atoms with Crippen molar-refractivity contribution in [3.05, 3.63) is 130 Å². The topological polar surface area (TPSA) is 58.9 Å². The Morgan fingerprint density at radius 3 is 1.00 bits per heavy atom. The molecule has 39 heavy (non-hydrogen) atoms. The average Bonchev–Trinajstić information content (AvgIpc) is 2.94. The zero-order chi connectivity index (χ0) is 28.3. The highest BCUT2D eigenvalue weighted by molar-refractivity contribution is 5.54. The van der Waals surface area contributed by atoms with Crippen LogP contribution in [0.15, 0.2) is 107 Å². The molecule has 4 rings (SSSR count). The number of hydrogen-bond donors (Lipinski definition) is 0. The summed E-state index contributed by atoms with van der Waals surface area (Å²) in [6.07, 6.45) is 3.25. The van der Waals surface area contributed by atoms with Crippen molar-refractivity contribution in [2.75, 3.05) is 0 Å². The van der Waals surface area contributed by atoms with Crippen molar-refractivity contribution in [3.8, 4) is 0 Å². The summed E-state index contributed by atoms with van der Waals surface area (Å²) in [5.74, 6) is 0. The smallest absolute Gasteiger partial charge is 0.211 e. The van der Waals surface area contributed by atoms with E-state index in [0.717, 1.165) is 11.1 Å². The summed E-state index contributed by atoms with van der Waals surface area (Å²) in [6, 6.07) is 33.1. The van der Waals surface area contributed by atoms with Gasteiger partial charge in [0.1, 0.15) is 0 Å². The molecule has 0 heterocycles. The van der Waals surface area contributed by atoms with E-state index in [-0.39, 0.29) is 16.2 Å². The second kappa shape index (κ2) is 10.8. The SMILES string of the molecule is CC(C)(c1ccc(C(C)(C)c2cccc(N=C=O)c2)cc1)c1ccc(C(C)(C)c2cccc(N=C=O)c2)cc1. The molecule has 0 bridgehead atoms. The predicted octanol–water partition coefficient (Wildman–Crippen LogP) is 8.60. The van der Waals surface area contributed by atoms with Gasteiger partial charge in [-0.05, 0) is 57.6 Å². The van der Waals surface area contributed by atoms with E-state index in [4.69, 9.17) is 0 Å². The maximum absolute atomic E-state index is 10.7. The minimum atomic E-state index is -0.251. The van der Waals surface area contributed by atoms with E-state index in [1.54, 1.807) is 12.2 Å². The first-order valence-electron chi connectivity index (χ1n) is 13.1. The fraction of sp³-hybridized carbons (Fsp3) is 0.257. The summed E-state index contributed by atoms with van der Waals surface area (Å²) >= 11 is 0.